The normalized spacial score (nSPS) is 12.1. The predicted octanol–water partition coefficient (Wildman–Crippen LogP) is 2.13. The molecule has 2 atom stereocenters. The first kappa shape index (κ1) is 32.0. The molecule has 0 aliphatic carbocycles. The van der Waals surface area contributed by atoms with Crippen LogP contribution >= 0.6 is 0 Å². The zero-order chi connectivity index (χ0) is 28.3. The molecule has 1 heterocycles. The van der Waals surface area contributed by atoms with Gasteiger partial charge in [-0.05, 0) is 54.4 Å². The van der Waals surface area contributed by atoms with Gasteiger partial charge in [-0.1, -0.05) is 36.4 Å². The van der Waals surface area contributed by atoms with Crippen molar-refractivity contribution in [1.29, 1.82) is 0 Å². The van der Waals surface area contributed by atoms with Gasteiger partial charge in [0.1, 0.15) is 36.5 Å². The van der Waals surface area contributed by atoms with Gasteiger partial charge in [-0.15, -0.1) is 0 Å². The minimum atomic E-state index is -1.14. The summed E-state index contributed by atoms with van der Waals surface area (Å²) in [7, 11) is 0. The Hall–Kier alpha value is -3.51. The standard InChI is InChI=1S/C30H31N3O7.Na.H/c34-18-21(32-16-22(35)19-39-23-5-2-1-3-6-23)15-20-9-11-24(12-10-20)40-27-13-14-31-29-25(27)7-4-8-26(29)30(38)33-17-28(36)37;;/h1-14,21-22,32,34-35H,15-19H2,(H,33,38)(H,36,37);;/t21-,22-;;/m0../s1. The zero-order valence-electron chi connectivity index (χ0n) is 21.7. The van der Waals surface area contributed by atoms with E-state index < -0.39 is 24.5 Å². The van der Waals surface area contributed by atoms with Gasteiger partial charge in [-0.3, -0.25) is 14.6 Å². The van der Waals surface area contributed by atoms with Crippen LogP contribution in [0.5, 0.6) is 17.2 Å². The molecule has 0 bridgehead atoms. The molecule has 210 valence electrons. The minimum absolute atomic E-state index is 0. The first-order valence-electron chi connectivity index (χ1n) is 12.8. The average Bonchev–Trinajstić information content (AvgIpc) is 2.98. The van der Waals surface area contributed by atoms with E-state index >= 15 is 0 Å². The summed E-state index contributed by atoms with van der Waals surface area (Å²) in [5.74, 6) is 0.0710. The fraction of sp³-hybridized carbons (Fsp3) is 0.233. The molecular weight excluding hydrogens is 537 g/mol. The summed E-state index contributed by atoms with van der Waals surface area (Å²) in [5, 5.41) is 35.0. The van der Waals surface area contributed by atoms with Crippen LogP contribution in [-0.2, 0) is 11.2 Å². The number of carbonyl (C=O) groups excluding carboxylic acids is 1. The summed E-state index contributed by atoms with van der Waals surface area (Å²) in [4.78, 5) is 27.6. The van der Waals surface area contributed by atoms with Crippen LogP contribution in [0, 0.1) is 0 Å². The van der Waals surface area contributed by atoms with Crippen molar-refractivity contribution in [2.75, 3.05) is 26.3 Å². The van der Waals surface area contributed by atoms with Crippen LogP contribution in [0.25, 0.3) is 10.9 Å². The molecule has 0 saturated carbocycles. The molecule has 4 aromatic rings. The van der Waals surface area contributed by atoms with Crippen molar-refractivity contribution in [1.82, 2.24) is 15.6 Å². The van der Waals surface area contributed by atoms with Crippen LogP contribution in [-0.4, -0.2) is 100 Å². The van der Waals surface area contributed by atoms with Crippen LogP contribution in [0.15, 0.2) is 85.1 Å². The number of pyridine rings is 1. The van der Waals surface area contributed by atoms with E-state index in [1.807, 2.05) is 54.6 Å². The third-order valence-electron chi connectivity index (χ3n) is 6.06. The topological polar surface area (TPSA) is 150 Å². The molecule has 1 aromatic heterocycles. The number of hydrogen-bond donors (Lipinski definition) is 5. The van der Waals surface area contributed by atoms with Gasteiger partial charge >= 0.3 is 35.5 Å². The fourth-order valence-electron chi connectivity index (χ4n) is 4.05. The summed E-state index contributed by atoms with van der Waals surface area (Å²) in [6.07, 6.45) is 1.33. The number of aromatic nitrogens is 1. The van der Waals surface area contributed by atoms with Gasteiger partial charge in [-0.25, -0.2) is 0 Å². The second-order valence-corrected chi connectivity index (χ2v) is 9.10. The van der Waals surface area contributed by atoms with E-state index in [-0.39, 0.29) is 60.9 Å². The number of carboxylic acid groups (broad SMARTS) is 1. The summed E-state index contributed by atoms with van der Waals surface area (Å²) < 4.78 is 11.6. The first-order valence-corrected chi connectivity index (χ1v) is 12.8. The summed E-state index contributed by atoms with van der Waals surface area (Å²) in [6.45, 7) is -0.187. The van der Waals surface area contributed by atoms with E-state index in [1.54, 1.807) is 24.3 Å². The van der Waals surface area contributed by atoms with Gasteiger partial charge in [0, 0.05) is 24.2 Å². The Kier molecular flexibility index (Phi) is 12.5. The van der Waals surface area contributed by atoms with Gasteiger partial charge in [-0.2, -0.15) is 0 Å². The number of benzene rings is 3. The number of amides is 1. The van der Waals surface area contributed by atoms with Crippen LogP contribution in [0.4, 0.5) is 0 Å². The van der Waals surface area contributed by atoms with Crippen LogP contribution in [0.3, 0.4) is 0 Å². The van der Waals surface area contributed by atoms with Crippen molar-refractivity contribution >= 4 is 52.3 Å². The molecule has 5 N–H and O–H groups in total. The average molecular weight is 570 g/mol. The Morgan fingerprint density at radius 1 is 0.927 bits per heavy atom. The van der Waals surface area contributed by atoms with Crippen molar-refractivity contribution in [2.24, 2.45) is 0 Å². The molecule has 4 rings (SSSR count). The summed E-state index contributed by atoms with van der Waals surface area (Å²) in [6, 6.07) is 23.1. The quantitative estimate of drug-likeness (QED) is 0.144. The molecule has 0 radical (unpaired) electrons. The van der Waals surface area contributed by atoms with E-state index in [9.17, 15) is 19.8 Å². The van der Waals surface area contributed by atoms with E-state index in [2.05, 4.69) is 15.6 Å². The number of para-hydroxylation sites is 2. The number of aliphatic hydroxyl groups is 2. The number of hydrogen-bond acceptors (Lipinski definition) is 8. The predicted molar refractivity (Wildman–Crippen MR) is 156 cm³/mol. The van der Waals surface area contributed by atoms with Crippen molar-refractivity contribution in [3.8, 4) is 17.2 Å². The Morgan fingerprint density at radius 3 is 2.39 bits per heavy atom. The molecule has 0 aliphatic heterocycles. The van der Waals surface area contributed by atoms with Crippen LogP contribution in [0.1, 0.15) is 15.9 Å². The second-order valence-electron chi connectivity index (χ2n) is 9.10. The SMILES string of the molecule is O=C(O)CNC(=O)c1cccc2c(Oc3ccc(C[C@@H](CO)NC[C@H](O)COc4ccccc4)cc3)ccnc12.[NaH]. The molecule has 0 aliphatic rings. The van der Waals surface area contributed by atoms with Crippen LogP contribution < -0.4 is 20.1 Å². The summed E-state index contributed by atoms with van der Waals surface area (Å²) in [5.41, 5.74) is 1.61. The van der Waals surface area contributed by atoms with Gasteiger partial charge in [0.05, 0.1) is 17.7 Å². The molecule has 3 aromatic carbocycles. The Labute approximate surface area is 259 Å². The number of carbonyl (C=O) groups is 2. The number of aliphatic carboxylic acids is 1. The van der Waals surface area contributed by atoms with Crippen LogP contribution in [0.2, 0.25) is 0 Å². The van der Waals surface area contributed by atoms with Gasteiger partial charge < -0.3 is 35.4 Å². The van der Waals surface area contributed by atoms with Crippen molar-refractivity contribution < 1.29 is 34.4 Å². The third-order valence-corrected chi connectivity index (χ3v) is 6.06. The second kappa shape index (κ2) is 16.1. The Balaban J connectivity index is 0.00000462. The molecule has 41 heavy (non-hydrogen) atoms. The third kappa shape index (κ3) is 9.53. The maximum atomic E-state index is 12.5. The Bertz CT molecular complexity index is 1420. The number of rotatable bonds is 14. The van der Waals surface area contributed by atoms with E-state index in [4.69, 9.17) is 14.6 Å². The molecule has 11 heteroatoms. The van der Waals surface area contributed by atoms with Gasteiger partial charge in [0.15, 0.2) is 0 Å². The monoisotopic (exact) mass is 569 g/mol. The maximum absolute atomic E-state index is 12.5. The van der Waals surface area contributed by atoms with E-state index in [1.165, 1.54) is 6.20 Å². The van der Waals surface area contributed by atoms with Crippen molar-refractivity contribution in [3.05, 3.63) is 96.2 Å². The van der Waals surface area contributed by atoms with Crippen molar-refractivity contribution in [3.63, 3.8) is 0 Å². The number of nitrogens with one attached hydrogen (secondary N) is 2. The number of carboxylic acids is 1. The molecule has 0 fully saturated rings. The Morgan fingerprint density at radius 2 is 1.68 bits per heavy atom. The molecule has 0 spiro atoms. The van der Waals surface area contributed by atoms with E-state index in [0.717, 1.165) is 5.56 Å². The molecule has 10 nitrogen and oxygen atoms in total. The number of aliphatic hydroxyl groups excluding tert-OH is 2. The molecule has 0 unspecified atom stereocenters. The van der Waals surface area contributed by atoms with Gasteiger partial charge in [0.2, 0.25) is 0 Å². The fourth-order valence-corrected chi connectivity index (χ4v) is 4.05. The van der Waals surface area contributed by atoms with E-state index in [0.29, 0.717) is 34.6 Å². The molecule has 0 saturated heterocycles. The molecular formula is C30H32N3NaO7. The summed E-state index contributed by atoms with van der Waals surface area (Å²) >= 11 is 0. The zero-order valence-corrected chi connectivity index (χ0v) is 21.7. The number of ether oxygens (including phenoxy) is 2. The first-order chi connectivity index (χ1) is 19.4. The number of nitrogens with zero attached hydrogens (tertiary/aromatic N) is 1. The number of fused-ring (bicyclic) bond motifs is 1. The van der Waals surface area contributed by atoms with Gasteiger partial charge in [0.25, 0.3) is 5.91 Å². The van der Waals surface area contributed by atoms with Crippen molar-refractivity contribution in [2.45, 2.75) is 18.6 Å². The molecule has 1 amide bonds.